The first-order chi connectivity index (χ1) is 9.30. The molecule has 1 atom stereocenters. The van der Waals surface area contributed by atoms with Gasteiger partial charge in [0.1, 0.15) is 5.60 Å². The number of ether oxygens (including phenoxy) is 1. The molecule has 0 saturated heterocycles. The summed E-state index contributed by atoms with van der Waals surface area (Å²) in [4.78, 5) is 11.6. The van der Waals surface area contributed by atoms with Crippen molar-refractivity contribution in [3.63, 3.8) is 0 Å². The van der Waals surface area contributed by atoms with Gasteiger partial charge in [-0.25, -0.2) is 4.79 Å². The highest BCUT2D eigenvalue weighted by Gasteiger charge is 2.16. The van der Waals surface area contributed by atoms with Crippen molar-refractivity contribution in [3.8, 4) is 0 Å². The largest absolute Gasteiger partial charge is 0.444 e. The van der Waals surface area contributed by atoms with Gasteiger partial charge in [-0.3, -0.25) is 5.32 Å². The monoisotopic (exact) mass is 282 g/mol. The highest BCUT2D eigenvalue weighted by atomic mass is 16.6. The van der Waals surface area contributed by atoms with Gasteiger partial charge in [-0.1, -0.05) is 0 Å². The maximum atomic E-state index is 11.6. The number of amides is 1. The predicted molar refractivity (Wildman–Crippen MR) is 77.9 cm³/mol. The third-order valence-corrected chi connectivity index (χ3v) is 2.28. The number of carbonyl (C=O) groups is 1. The summed E-state index contributed by atoms with van der Waals surface area (Å²) in [6, 6.07) is 6.96. The average Bonchev–Trinajstić information content (AvgIpc) is 2.35. The number of aliphatic hydroxyl groups is 2. The summed E-state index contributed by atoms with van der Waals surface area (Å²) in [5.41, 5.74) is 0.867. The third kappa shape index (κ3) is 6.40. The van der Waals surface area contributed by atoms with Gasteiger partial charge in [0.15, 0.2) is 0 Å². The van der Waals surface area contributed by atoms with E-state index < -0.39 is 17.8 Å². The van der Waals surface area contributed by atoms with Crippen LogP contribution in [0.15, 0.2) is 24.3 Å². The van der Waals surface area contributed by atoms with Crippen molar-refractivity contribution in [1.29, 1.82) is 0 Å². The van der Waals surface area contributed by atoms with Crippen LogP contribution in [0.25, 0.3) is 0 Å². The van der Waals surface area contributed by atoms with E-state index in [0.29, 0.717) is 5.69 Å². The van der Waals surface area contributed by atoms with Crippen molar-refractivity contribution in [2.45, 2.75) is 32.5 Å². The molecule has 6 nitrogen and oxygen atoms in total. The summed E-state index contributed by atoms with van der Waals surface area (Å²) in [7, 11) is 0. The Kier molecular flexibility index (Phi) is 5.79. The van der Waals surface area contributed by atoms with Crippen molar-refractivity contribution < 1.29 is 19.7 Å². The normalized spacial score (nSPS) is 12.7. The molecule has 1 rings (SSSR count). The van der Waals surface area contributed by atoms with E-state index in [-0.39, 0.29) is 13.2 Å². The van der Waals surface area contributed by atoms with Gasteiger partial charge in [0.25, 0.3) is 0 Å². The molecule has 1 unspecified atom stereocenters. The number of hydrogen-bond donors (Lipinski definition) is 4. The van der Waals surface area contributed by atoms with E-state index in [9.17, 15) is 9.90 Å². The second kappa shape index (κ2) is 7.12. The molecule has 0 aliphatic heterocycles. The molecule has 0 spiro atoms. The van der Waals surface area contributed by atoms with E-state index in [4.69, 9.17) is 9.84 Å². The smallest absolute Gasteiger partial charge is 0.412 e. The maximum Gasteiger partial charge on any atom is 0.412 e. The lowest BCUT2D eigenvalue weighted by atomic mass is 10.2. The van der Waals surface area contributed by atoms with Gasteiger partial charge in [0, 0.05) is 17.9 Å². The Bertz CT molecular complexity index is 426. The van der Waals surface area contributed by atoms with Gasteiger partial charge in [-0.15, -0.1) is 0 Å². The Morgan fingerprint density at radius 1 is 1.25 bits per heavy atom. The van der Waals surface area contributed by atoms with E-state index in [2.05, 4.69) is 10.6 Å². The molecule has 6 heteroatoms. The van der Waals surface area contributed by atoms with E-state index in [1.54, 1.807) is 45.0 Å². The average molecular weight is 282 g/mol. The summed E-state index contributed by atoms with van der Waals surface area (Å²) in [5.74, 6) is 0. The lowest BCUT2D eigenvalue weighted by Gasteiger charge is -2.19. The fraction of sp³-hybridized carbons (Fsp3) is 0.500. The zero-order valence-electron chi connectivity index (χ0n) is 12.0. The Morgan fingerprint density at radius 3 is 2.30 bits per heavy atom. The Hall–Kier alpha value is -1.79. The van der Waals surface area contributed by atoms with Crippen molar-refractivity contribution in [2.75, 3.05) is 23.8 Å². The van der Waals surface area contributed by atoms with Gasteiger partial charge in [0.05, 0.1) is 12.7 Å². The molecular weight excluding hydrogens is 260 g/mol. The molecule has 0 radical (unpaired) electrons. The highest BCUT2D eigenvalue weighted by Crippen LogP contribution is 2.15. The van der Waals surface area contributed by atoms with Crippen LogP contribution in [0.3, 0.4) is 0 Å². The van der Waals surface area contributed by atoms with Gasteiger partial charge >= 0.3 is 6.09 Å². The molecule has 0 aliphatic carbocycles. The zero-order valence-corrected chi connectivity index (χ0v) is 12.0. The van der Waals surface area contributed by atoms with Gasteiger partial charge in [-0.2, -0.15) is 0 Å². The molecule has 112 valence electrons. The van der Waals surface area contributed by atoms with Crippen LogP contribution < -0.4 is 10.6 Å². The van der Waals surface area contributed by atoms with Gasteiger partial charge in [-0.05, 0) is 45.0 Å². The molecule has 0 heterocycles. The molecular formula is C14H22N2O4. The standard InChI is InChI=1S/C14H22N2O4/c1-14(2,3)20-13(19)16-11-6-4-10(5-7-11)15-8-12(18)9-17/h4-7,12,15,17-18H,8-9H2,1-3H3,(H,16,19). The quantitative estimate of drug-likeness (QED) is 0.661. The molecule has 4 N–H and O–H groups in total. The van der Waals surface area contributed by atoms with E-state index in [0.717, 1.165) is 5.69 Å². The Balaban J connectivity index is 2.48. The molecule has 20 heavy (non-hydrogen) atoms. The lowest BCUT2D eigenvalue weighted by molar-refractivity contribution is 0.0636. The maximum absolute atomic E-state index is 11.6. The van der Waals surface area contributed by atoms with Crippen LogP contribution >= 0.6 is 0 Å². The van der Waals surface area contributed by atoms with Gasteiger partial charge in [0.2, 0.25) is 0 Å². The number of hydrogen-bond acceptors (Lipinski definition) is 5. The minimum atomic E-state index is -0.797. The first-order valence-corrected chi connectivity index (χ1v) is 6.43. The molecule has 1 amide bonds. The fourth-order valence-corrected chi connectivity index (χ4v) is 1.39. The Morgan fingerprint density at radius 2 is 1.80 bits per heavy atom. The predicted octanol–water partition coefficient (Wildman–Crippen LogP) is 1.80. The number of rotatable bonds is 5. The highest BCUT2D eigenvalue weighted by molar-refractivity contribution is 5.85. The van der Waals surface area contributed by atoms with E-state index in [1.165, 1.54) is 0 Å². The second-order valence-electron chi connectivity index (χ2n) is 5.42. The van der Waals surface area contributed by atoms with Crippen LogP contribution in [0.4, 0.5) is 16.2 Å². The topological polar surface area (TPSA) is 90.8 Å². The number of carbonyl (C=O) groups excluding carboxylic acids is 1. The summed E-state index contributed by atoms with van der Waals surface area (Å²) < 4.78 is 5.14. The van der Waals surface area contributed by atoms with Crippen molar-refractivity contribution in [1.82, 2.24) is 0 Å². The third-order valence-electron chi connectivity index (χ3n) is 2.28. The van der Waals surface area contributed by atoms with Crippen LogP contribution in [-0.2, 0) is 4.74 Å². The van der Waals surface area contributed by atoms with Crippen molar-refractivity contribution >= 4 is 17.5 Å². The van der Waals surface area contributed by atoms with Crippen LogP contribution in [0.5, 0.6) is 0 Å². The molecule has 1 aromatic carbocycles. The van der Waals surface area contributed by atoms with Crippen LogP contribution in [0.1, 0.15) is 20.8 Å². The Labute approximate surface area is 118 Å². The SMILES string of the molecule is CC(C)(C)OC(=O)Nc1ccc(NCC(O)CO)cc1. The molecule has 0 aliphatic rings. The number of aliphatic hydroxyl groups excluding tert-OH is 2. The minimum absolute atomic E-state index is 0.259. The zero-order chi connectivity index (χ0) is 15.2. The lowest BCUT2D eigenvalue weighted by Crippen LogP contribution is -2.27. The van der Waals surface area contributed by atoms with Crippen LogP contribution in [0.2, 0.25) is 0 Å². The molecule has 0 saturated carbocycles. The molecule has 0 fully saturated rings. The number of anilines is 2. The fourth-order valence-electron chi connectivity index (χ4n) is 1.39. The van der Waals surface area contributed by atoms with E-state index in [1.807, 2.05) is 0 Å². The first-order valence-electron chi connectivity index (χ1n) is 6.43. The summed E-state index contributed by atoms with van der Waals surface area (Å²) in [6.07, 6.45) is -1.30. The first kappa shape index (κ1) is 16.3. The van der Waals surface area contributed by atoms with Crippen molar-refractivity contribution in [3.05, 3.63) is 24.3 Å². The number of nitrogens with one attached hydrogen (secondary N) is 2. The second-order valence-corrected chi connectivity index (χ2v) is 5.42. The van der Waals surface area contributed by atoms with Crippen LogP contribution in [-0.4, -0.2) is 41.2 Å². The molecule has 0 aromatic heterocycles. The van der Waals surface area contributed by atoms with Gasteiger partial charge < -0.3 is 20.3 Å². The number of benzene rings is 1. The van der Waals surface area contributed by atoms with Crippen LogP contribution in [0, 0.1) is 0 Å². The van der Waals surface area contributed by atoms with Crippen molar-refractivity contribution in [2.24, 2.45) is 0 Å². The minimum Gasteiger partial charge on any atom is -0.444 e. The summed E-state index contributed by atoms with van der Waals surface area (Å²) in [5, 5.41) is 23.5. The summed E-state index contributed by atoms with van der Waals surface area (Å²) in [6.45, 7) is 5.37. The molecule has 0 bridgehead atoms. The summed E-state index contributed by atoms with van der Waals surface area (Å²) >= 11 is 0. The van der Waals surface area contributed by atoms with E-state index >= 15 is 0 Å². The molecule has 1 aromatic rings.